The van der Waals surface area contributed by atoms with Crippen LogP contribution in [0.15, 0.2) is 18.2 Å². The van der Waals surface area contributed by atoms with Gasteiger partial charge in [0.2, 0.25) is 0 Å². The lowest BCUT2D eigenvalue weighted by atomic mass is 9.94. The number of anilines is 2. The predicted octanol–water partition coefficient (Wildman–Crippen LogP) is 2.16. The third kappa shape index (κ3) is 3.60. The molecule has 0 aromatic carbocycles. The van der Waals surface area contributed by atoms with E-state index < -0.39 is 5.60 Å². The first-order valence-electron chi connectivity index (χ1n) is 6.37. The van der Waals surface area contributed by atoms with Crippen LogP contribution in [0.4, 0.5) is 11.6 Å². The molecule has 0 radical (unpaired) electrons. The molecule has 0 unspecified atom stereocenters. The fourth-order valence-electron chi connectivity index (χ4n) is 2.37. The largest absolute Gasteiger partial charge is 0.388 e. The van der Waals surface area contributed by atoms with Gasteiger partial charge in [0.05, 0.1) is 5.60 Å². The molecule has 4 heteroatoms. The average Bonchev–Trinajstić information content (AvgIpc) is 2.53. The van der Waals surface area contributed by atoms with E-state index in [0.29, 0.717) is 12.4 Å². The minimum absolute atomic E-state index is 0.503. The molecule has 1 fully saturated rings. The number of hydrogen-bond donors (Lipinski definition) is 3. The molecule has 0 spiro atoms. The Morgan fingerprint density at radius 1 is 1.24 bits per heavy atom. The number of pyridine rings is 1. The predicted molar refractivity (Wildman–Crippen MR) is 69.8 cm³/mol. The van der Waals surface area contributed by atoms with Gasteiger partial charge >= 0.3 is 0 Å². The standard InChI is InChI=1S/C13H21N3O/c14-11-6-5-7-12(16-11)15-10-13(17)8-3-1-2-4-9-13/h5-7,17H,1-4,8-10H2,(H3,14,15,16). The van der Waals surface area contributed by atoms with Crippen LogP contribution in [-0.2, 0) is 0 Å². The van der Waals surface area contributed by atoms with Gasteiger partial charge < -0.3 is 16.2 Å². The summed E-state index contributed by atoms with van der Waals surface area (Å²) in [6, 6.07) is 5.49. The van der Waals surface area contributed by atoms with Crippen LogP contribution in [0.25, 0.3) is 0 Å². The average molecular weight is 235 g/mol. The van der Waals surface area contributed by atoms with Crippen LogP contribution in [0.3, 0.4) is 0 Å². The topological polar surface area (TPSA) is 71.2 Å². The SMILES string of the molecule is Nc1cccc(NCC2(O)CCCCCC2)n1. The first-order chi connectivity index (χ1) is 8.18. The molecule has 4 nitrogen and oxygen atoms in total. The smallest absolute Gasteiger partial charge is 0.128 e. The van der Waals surface area contributed by atoms with Crippen molar-refractivity contribution < 1.29 is 5.11 Å². The zero-order valence-corrected chi connectivity index (χ0v) is 10.2. The van der Waals surface area contributed by atoms with E-state index in [0.717, 1.165) is 31.5 Å². The highest BCUT2D eigenvalue weighted by molar-refractivity contribution is 5.42. The Kier molecular flexibility index (Phi) is 3.84. The zero-order chi connectivity index (χ0) is 12.1. The summed E-state index contributed by atoms with van der Waals surface area (Å²) in [4.78, 5) is 4.17. The normalized spacial score (nSPS) is 19.6. The van der Waals surface area contributed by atoms with Gasteiger partial charge in [0.25, 0.3) is 0 Å². The lowest BCUT2D eigenvalue weighted by molar-refractivity contribution is 0.0380. The van der Waals surface area contributed by atoms with E-state index in [1.165, 1.54) is 12.8 Å². The highest BCUT2D eigenvalue weighted by atomic mass is 16.3. The Bertz CT molecular complexity index is 359. The highest BCUT2D eigenvalue weighted by Crippen LogP contribution is 2.27. The third-order valence-corrected chi connectivity index (χ3v) is 3.40. The fourth-order valence-corrected chi connectivity index (χ4v) is 2.37. The summed E-state index contributed by atoms with van der Waals surface area (Å²) in [6.45, 7) is 0.559. The molecule has 1 aliphatic carbocycles. The Labute approximate surface area is 102 Å². The van der Waals surface area contributed by atoms with Crippen molar-refractivity contribution in [3.63, 3.8) is 0 Å². The van der Waals surface area contributed by atoms with E-state index >= 15 is 0 Å². The van der Waals surface area contributed by atoms with Gasteiger partial charge in [-0.15, -0.1) is 0 Å². The van der Waals surface area contributed by atoms with Crippen LogP contribution in [-0.4, -0.2) is 22.2 Å². The quantitative estimate of drug-likeness (QED) is 0.702. The molecule has 4 N–H and O–H groups in total. The summed E-state index contributed by atoms with van der Waals surface area (Å²) in [7, 11) is 0. The van der Waals surface area contributed by atoms with Gasteiger partial charge in [-0.05, 0) is 25.0 Å². The van der Waals surface area contributed by atoms with Crippen LogP contribution >= 0.6 is 0 Å². The fraction of sp³-hybridized carbons (Fsp3) is 0.615. The van der Waals surface area contributed by atoms with Crippen LogP contribution in [0, 0.1) is 0 Å². The van der Waals surface area contributed by atoms with Crippen molar-refractivity contribution in [2.45, 2.75) is 44.1 Å². The van der Waals surface area contributed by atoms with Crippen LogP contribution < -0.4 is 11.1 Å². The van der Waals surface area contributed by atoms with Crippen molar-refractivity contribution in [1.82, 2.24) is 4.98 Å². The maximum absolute atomic E-state index is 10.5. The maximum Gasteiger partial charge on any atom is 0.128 e. The Hall–Kier alpha value is -1.29. The minimum atomic E-state index is -0.581. The van der Waals surface area contributed by atoms with Crippen LogP contribution in [0.5, 0.6) is 0 Å². The Morgan fingerprint density at radius 3 is 2.59 bits per heavy atom. The second-order valence-electron chi connectivity index (χ2n) is 4.94. The van der Waals surface area contributed by atoms with Gasteiger partial charge in [-0.2, -0.15) is 0 Å². The molecule has 1 aromatic heterocycles. The van der Waals surface area contributed by atoms with E-state index in [2.05, 4.69) is 10.3 Å². The molecule has 0 atom stereocenters. The third-order valence-electron chi connectivity index (χ3n) is 3.40. The van der Waals surface area contributed by atoms with Crippen molar-refractivity contribution in [3.8, 4) is 0 Å². The summed E-state index contributed by atoms with van der Waals surface area (Å²) in [5, 5.41) is 13.6. The van der Waals surface area contributed by atoms with E-state index in [1.54, 1.807) is 6.07 Å². The Morgan fingerprint density at radius 2 is 1.94 bits per heavy atom. The molecule has 17 heavy (non-hydrogen) atoms. The molecular weight excluding hydrogens is 214 g/mol. The summed E-state index contributed by atoms with van der Waals surface area (Å²) in [5.74, 6) is 1.24. The number of hydrogen-bond acceptors (Lipinski definition) is 4. The van der Waals surface area contributed by atoms with Gasteiger partial charge in [0, 0.05) is 6.54 Å². The van der Waals surface area contributed by atoms with Crippen LogP contribution in [0.2, 0.25) is 0 Å². The van der Waals surface area contributed by atoms with Gasteiger partial charge in [0.1, 0.15) is 11.6 Å². The molecule has 0 saturated heterocycles. The number of nitrogens with one attached hydrogen (secondary N) is 1. The molecular formula is C13H21N3O. The monoisotopic (exact) mass is 235 g/mol. The summed E-state index contributed by atoms with van der Waals surface area (Å²) < 4.78 is 0. The molecule has 1 saturated carbocycles. The lowest BCUT2D eigenvalue weighted by Crippen LogP contribution is -2.36. The van der Waals surface area contributed by atoms with Gasteiger partial charge in [-0.25, -0.2) is 4.98 Å². The van der Waals surface area contributed by atoms with Crippen molar-refractivity contribution >= 4 is 11.6 Å². The summed E-state index contributed by atoms with van der Waals surface area (Å²) in [6.07, 6.45) is 6.45. The van der Waals surface area contributed by atoms with Crippen molar-refractivity contribution in [2.75, 3.05) is 17.6 Å². The number of nitrogens with two attached hydrogens (primary N) is 1. The van der Waals surface area contributed by atoms with Crippen molar-refractivity contribution in [3.05, 3.63) is 18.2 Å². The van der Waals surface area contributed by atoms with E-state index in [1.807, 2.05) is 12.1 Å². The molecule has 0 amide bonds. The molecule has 1 aromatic rings. The minimum Gasteiger partial charge on any atom is -0.388 e. The second kappa shape index (κ2) is 5.36. The van der Waals surface area contributed by atoms with Gasteiger partial charge in [-0.1, -0.05) is 31.7 Å². The molecule has 0 bridgehead atoms. The van der Waals surface area contributed by atoms with Crippen molar-refractivity contribution in [2.24, 2.45) is 0 Å². The molecule has 0 aliphatic heterocycles. The van der Waals surface area contributed by atoms with Crippen LogP contribution in [0.1, 0.15) is 38.5 Å². The van der Waals surface area contributed by atoms with E-state index in [4.69, 9.17) is 5.73 Å². The molecule has 1 aliphatic rings. The summed E-state index contributed by atoms with van der Waals surface area (Å²) >= 11 is 0. The van der Waals surface area contributed by atoms with Gasteiger partial charge in [0.15, 0.2) is 0 Å². The van der Waals surface area contributed by atoms with Crippen molar-refractivity contribution in [1.29, 1.82) is 0 Å². The number of aromatic nitrogens is 1. The summed E-state index contributed by atoms with van der Waals surface area (Å²) in [5.41, 5.74) is 5.03. The maximum atomic E-state index is 10.5. The molecule has 2 rings (SSSR count). The number of nitrogen functional groups attached to an aromatic ring is 1. The number of aliphatic hydroxyl groups is 1. The number of nitrogens with zero attached hydrogens (tertiary/aromatic N) is 1. The van der Waals surface area contributed by atoms with E-state index in [-0.39, 0.29) is 0 Å². The first-order valence-corrected chi connectivity index (χ1v) is 6.37. The Balaban J connectivity index is 1.92. The number of rotatable bonds is 3. The van der Waals surface area contributed by atoms with Gasteiger partial charge in [-0.3, -0.25) is 0 Å². The van der Waals surface area contributed by atoms with E-state index in [9.17, 15) is 5.11 Å². The molecule has 1 heterocycles. The first kappa shape index (κ1) is 12.2. The lowest BCUT2D eigenvalue weighted by Gasteiger charge is -2.27. The zero-order valence-electron chi connectivity index (χ0n) is 10.2. The highest BCUT2D eigenvalue weighted by Gasteiger charge is 2.27. The second-order valence-corrected chi connectivity index (χ2v) is 4.94. The molecule has 94 valence electrons.